The summed E-state index contributed by atoms with van der Waals surface area (Å²) in [6.07, 6.45) is 0.376. The molecule has 1 unspecified atom stereocenters. The quantitative estimate of drug-likeness (QED) is 0.388. The van der Waals surface area contributed by atoms with Gasteiger partial charge in [-0.3, -0.25) is 13.9 Å². The number of carbonyl (C=O) groups excluding carboxylic acids is 2. The average molecular weight is 573 g/mol. The van der Waals surface area contributed by atoms with Crippen molar-refractivity contribution in [3.05, 3.63) is 94.5 Å². The molecule has 0 saturated carbocycles. The first-order chi connectivity index (χ1) is 17.2. The summed E-state index contributed by atoms with van der Waals surface area (Å²) in [6, 6.07) is 21.8. The molecule has 0 aliphatic heterocycles. The van der Waals surface area contributed by atoms with Gasteiger partial charge in [-0.15, -0.1) is 0 Å². The molecular formula is C27H30BrN3O4S. The summed E-state index contributed by atoms with van der Waals surface area (Å²) in [7, 11) is -2.55. The van der Waals surface area contributed by atoms with E-state index in [4.69, 9.17) is 0 Å². The zero-order valence-electron chi connectivity index (χ0n) is 20.5. The molecule has 2 amide bonds. The van der Waals surface area contributed by atoms with Crippen LogP contribution in [0.4, 0.5) is 5.69 Å². The maximum Gasteiger partial charge on any atom is 0.264 e. The summed E-state index contributed by atoms with van der Waals surface area (Å²) < 4.78 is 29.4. The minimum atomic E-state index is -4.07. The lowest BCUT2D eigenvalue weighted by Crippen LogP contribution is -2.51. The van der Waals surface area contributed by atoms with Crippen molar-refractivity contribution >= 4 is 43.5 Å². The molecule has 1 atom stereocenters. The maximum absolute atomic E-state index is 13.8. The van der Waals surface area contributed by atoms with Gasteiger partial charge in [0, 0.05) is 18.1 Å². The van der Waals surface area contributed by atoms with Crippen LogP contribution in [0.1, 0.15) is 24.5 Å². The molecule has 7 nitrogen and oxygen atoms in total. The van der Waals surface area contributed by atoms with E-state index < -0.39 is 28.5 Å². The van der Waals surface area contributed by atoms with Crippen molar-refractivity contribution in [2.75, 3.05) is 17.9 Å². The van der Waals surface area contributed by atoms with Gasteiger partial charge in [-0.1, -0.05) is 70.9 Å². The molecule has 0 saturated heterocycles. The number of nitrogens with one attached hydrogen (secondary N) is 1. The molecular weight excluding hydrogens is 542 g/mol. The Morgan fingerprint density at radius 2 is 1.56 bits per heavy atom. The monoisotopic (exact) mass is 571 g/mol. The molecule has 1 N–H and O–H groups in total. The van der Waals surface area contributed by atoms with E-state index in [2.05, 4.69) is 21.2 Å². The number of benzene rings is 3. The molecule has 36 heavy (non-hydrogen) atoms. The lowest BCUT2D eigenvalue weighted by atomic mass is 10.1. The summed E-state index contributed by atoms with van der Waals surface area (Å²) in [5, 5.41) is 2.62. The molecule has 0 heterocycles. The number of rotatable bonds is 10. The van der Waals surface area contributed by atoms with Crippen molar-refractivity contribution in [1.29, 1.82) is 0 Å². The lowest BCUT2D eigenvalue weighted by Gasteiger charge is -2.33. The molecule has 3 rings (SSSR count). The molecule has 0 radical (unpaired) electrons. The van der Waals surface area contributed by atoms with E-state index in [0.29, 0.717) is 12.1 Å². The summed E-state index contributed by atoms with van der Waals surface area (Å²) in [5.74, 6) is -0.786. The average Bonchev–Trinajstić information content (AvgIpc) is 2.88. The fraction of sp³-hybridized carbons (Fsp3) is 0.259. The molecule has 0 spiro atoms. The summed E-state index contributed by atoms with van der Waals surface area (Å²) in [4.78, 5) is 28.0. The van der Waals surface area contributed by atoms with Crippen LogP contribution in [0.2, 0.25) is 0 Å². The van der Waals surface area contributed by atoms with Gasteiger partial charge in [-0.2, -0.15) is 0 Å². The van der Waals surface area contributed by atoms with Crippen molar-refractivity contribution in [1.82, 2.24) is 10.2 Å². The molecule has 9 heteroatoms. The Balaban J connectivity index is 2.04. The summed E-state index contributed by atoms with van der Waals surface area (Å²) in [6.45, 7) is 3.40. The Labute approximate surface area is 221 Å². The van der Waals surface area contributed by atoms with Gasteiger partial charge in [-0.25, -0.2) is 8.42 Å². The van der Waals surface area contributed by atoms with Gasteiger partial charge in [0.05, 0.1) is 10.6 Å². The SMILES string of the molecule is CCC(C(=O)NC)N(Cc1ccccc1)C(=O)CN(c1ccc(Br)cc1)S(=O)(=O)c1ccc(C)cc1. The molecule has 0 aliphatic carbocycles. The minimum absolute atomic E-state index is 0.0803. The van der Waals surface area contributed by atoms with Crippen LogP contribution in [0.25, 0.3) is 0 Å². The van der Waals surface area contributed by atoms with E-state index in [0.717, 1.165) is 19.9 Å². The Bertz CT molecular complexity index is 1280. The number of halogens is 1. The fourth-order valence-corrected chi connectivity index (χ4v) is 5.52. The molecule has 3 aromatic rings. The molecule has 0 aliphatic rings. The van der Waals surface area contributed by atoms with E-state index >= 15 is 0 Å². The van der Waals surface area contributed by atoms with E-state index in [1.54, 1.807) is 36.4 Å². The Morgan fingerprint density at radius 3 is 2.11 bits per heavy atom. The maximum atomic E-state index is 13.8. The number of aryl methyl sites for hydroxylation is 1. The van der Waals surface area contributed by atoms with Crippen molar-refractivity contribution in [2.45, 2.75) is 37.8 Å². The Morgan fingerprint density at radius 1 is 0.944 bits per heavy atom. The first-order valence-corrected chi connectivity index (χ1v) is 13.8. The second kappa shape index (κ2) is 12.2. The highest BCUT2D eigenvalue weighted by molar-refractivity contribution is 9.10. The lowest BCUT2D eigenvalue weighted by molar-refractivity contribution is -0.140. The number of likely N-dealkylation sites (N-methyl/N-ethyl adjacent to an activating group) is 1. The number of carbonyl (C=O) groups is 2. The first kappa shape index (κ1) is 27.4. The van der Waals surface area contributed by atoms with Crippen LogP contribution in [0.3, 0.4) is 0 Å². The zero-order valence-corrected chi connectivity index (χ0v) is 22.9. The Kier molecular flexibility index (Phi) is 9.28. The van der Waals surface area contributed by atoms with E-state index in [1.807, 2.05) is 44.2 Å². The highest BCUT2D eigenvalue weighted by Gasteiger charge is 2.33. The van der Waals surface area contributed by atoms with Crippen LogP contribution in [-0.2, 0) is 26.2 Å². The van der Waals surface area contributed by atoms with Crippen molar-refractivity contribution in [3.63, 3.8) is 0 Å². The normalized spacial score (nSPS) is 12.0. The van der Waals surface area contributed by atoms with Crippen LogP contribution in [0.15, 0.2) is 88.2 Å². The van der Waals surface area contributed by atoms with Crippen LogP contribution >= 0.6 is 15.9 Å². The van der Waals surface area contributed by atoms with Gasteiger partial charge in [0.25, 0.3) is 10.0 Å². The third kappa shape index (κ3) is 6.53. The second-order valence-electron chi connectivity index (χ2n) is 8.35. The predicted molar refractivity (Wildman–Crippen MR) is 145 cm³/mol. The smallest absolute Gasteiger partial charge is 0.264 e. The van der Waals surface area contributed by atoms with Gasteiger partial charge in [0.15, 0.2) is 0 Å². The van der Waals surface area contributed by atoms with Gasteiger partial charge in [0.2, 0.25) is 11.8 Å². The van der Waals surface area contributed by atoms with Crippen LogP contribution in [0.5, 0.6) is 0 Å². The molecule has 0 aromatic heterocycles. The largest absolute Gasteiger partial charge is 0.357 e. The topological polar surface area (TPSA) is 86.8 Å². The highest BCUT2D eigenvalue weighted by atomic mass is 79.9. The number of sulfonamides is 1. The van der Waals surface area contributed by atoms with Gasteiger partial charge < -0.3 is 10.2 Å². The third-order valence-electron chi connectivity index (χ3n) is 5.83. The minimum Gasteiger partial charge on any atom is -0.357 e. The van der Waals surface area contributed by atoms with E-state index in [-0.39, 0.29) is 17.3 Å². The van der Waals surface area contributed by atoms with Crippen molar-refractivity contribution in [3.8, 4) is 0 Å². The number of hydrogen-bond acceptors (Lipinski definition) is 4. The van der Waals surface area contributed by atoms with Gasteiger partial charge in [0.1, 0.15) is 12.6 Å². The standard InChI is InChI=1S/C27H30BrN3O4S/c1-4-25(27(33)29-3)30(18-21-8-6-5-7-9-21)26(32)19-31(23-14-12-22(28)13-15-23)36(34,35)24-16-10-20(2)11-17-24/h5-17,25H,4,18-19H2,1-3H3,(H,29,33). The molecule has 190 valence electrons. The van der Waals surface area contributed by atoms with Crippen LogP contribution < -0.4 is 9.62 Å². The predicted octanol–water partition coefficient (Wildman–Crippen LogP) is 4.51. The first-order valence-electron chi connectivity index (χ1n) is 11.6. The summed E-state index contributed by atoms with van der Waals surface area (Å²) in [5.41, 5.74) is 2.11. The summed E-state index contributed by atoms with van der Waals surface area (Å²) >= 11 is 3.37. The van der Waals surface area contributed by atoms with Gasteiger partial charge >= 0.3 is 0 Å². The van der Waals surface area contributed by atoms with Crippen LogP contribution in [0, 0.1) is 6.92 Å². The van der Waals surface area contributed by atoms with E-state index in [9.17, 15) is 18.0 Å². The highest BCUT2D eigenvalue weighted by Crippen LogP contribution is 2.26. The number of anilines is 1. The van der Waals surface area contributed by atoms with Crippen molar-refractivity contribution in [2.24, 2.45) is 0 Å². The number of nitrogens with zero attached hydrogens (tertiary/aromatic N) is 2. The second-order valence-corrected chi connectivity index (χ2v) is 11.1. The zero-order chi connectivity index (χ0) is 26.3. The number of amides is 2. The molecule has 0 fully saturated rings. The third-order valence-corrected chi connectivity index (χ3v) is 8.15. The fourth-order valence-electron chi connectivity index (χ4n) is 3.84. The Hall–Kier alpha value is -3.17. The molecule has 3 aromatic carbocycles. The molecule has 0 bridgehead atoms. The number of hydrogen-bond donors (Lipinski definition) is 1. The van der Waals surface area contributed by atoms with E-state index in [1.165, 1.54) is 24.1 Å². The van der Waals surface area contributed by atoms with Gasteiger partial charge in [-0.05, 0) is 55.3 Å². The van der Waals surface area contributed by atoms with Crippen LogP contribution in [-0.4, -0.2) is 44.8 Å². The van der Waals surface area contributed by atoms with Crippen molar-refractivity contribution < 1.29 is 18.0 Å².